The van der Waals surface area contributed by atoms with E-state index >= 15 is 0 Å². The second-order valence-electron chi connectivity index (χ2n) is 3.69. The molecule has 16 heavy (non-hydrogen) atoms. The Morgan fingerprint density at radius 2 is 2.31 bits per heavy atom. The van der Waals surface area contributed by atoms with Crippen LogP contribution in [0.3, 0.4) is 0 Å². The molecule has 0 amide bonds. The van der Waals surface area contributed by atoms with Crippen LogP contribution in [0.15, 0.2) is 16.7 Å². The van der Waals surface area contributed by atoms with Crippen LogP contribution in [-0.2, 0) is 13.6 Å². The molecular weight excluding hydrogens is 204 g/mol. The fourth-order valence-electron chi connectivity index (χ4n) is 1.58. The first-order valence-electron chi connectivity index (χ1n) is 5.37. The number of hydrogen-bond acceptors (Lipinski definition) is 4. The molecule has 0 fully saturated rings. The van der Waals surface area contributed by atoms with E-state index in [1.54, 1.807) is 10.9 Å². The molecule has 0 aromatic carbocycles. The summed E-state index contributed by atoms with van der Waals surface area (Å²) in [4.78, 5) is 4.21. The van der Waals surface area contributed by atoms with Crippen molar-refractivity contribution >= 4 is 0 Å². The van der Waals surface area contributed by atoms with Gasteiger partial charge in [-0.15, -0.1) is 0 Å². The van der Waals surface area contributed by atoms with Gasteiger partial charge >= 0.3 is 0 Å². The van der Waals surface area contributed by atoms with Crippen molar-refractivity contribution in [3.8, 4) is 11.5 Å². The quantitative estimate of drug-likeness (QED) is 0.848. The molecule has 0 aliphatic rings. The van der Waals surface area contributed by atoms with E-state index in [9.17, 15) is 0 Å². The maximum atomic E-state index is 5.63. The smallest absolute Gasteiger partial charge is 0.208 e. The van der Waals surface area contributed by atoms with Crippen LogP contribution in [0.1, 0.15) is 18.5 Å². The molecule has 0 spiro atoms. The van der Waals surface area contributed by atoms with Crippen LogP contribution in [0.2, 0.25) is 0 Å². The van der Waals surface area contributed by atoms with Gasteiger partial charge in [0.05, 0.1) is 18.4 Å². The third-order valence-electron chi connectivity index (χ3n) is 2.33. The second kappa shape index (κ2) is 4.49. The third-order valence-corrected chi connectivity index (χ3v) is 2.33. The Morgan fingerprint density at radius 3 is 2.94 bits per heavy atom. The molecule has 0 radical (unpaired) electrons. The van der Waals surface area contributed by atoms with E-state index < -0.39 is 0 Å². The monoisotopic (exact) mass is 220 g/mol. The van der Waals surface area contributed by atoms with E-state index in [1.807, 2.05) is 27.0 Å². The first-order valence-corrected chi connectivity index (χ1v) is 5.37. The first-order chi connectivity index (χ1) is 7.70. The fraction of sp³-hybridized carbons (Fsp3) is 0.455. The summed E-state index contributed by atoms with van der Waals surface area (Å²) in [5.74, 6) is 1.46. The standard InChI is InChI=1S/C11H16N4O/c1-4-12-7-11-13-6-10(16-11)9-5-8(2)14-15(9)3/h5-6,12H,4,7H2,1-3H3. The lowest BCUT2D eigenvalue weighted by Crippen LogP contribution is -2.11. The number of nitrogens with zero attached hydrogens (tertiary/aromatic N) is 3. The zero-order valence-electron chi connectivity index (χ0n) is 9.82. The van der Waals surface area contributed by atoms with Crippen molar-refractivity contribution in [1.29, 1.82) is 0 Å². The Balaban J connectivity index is 2.21. The van der Waals surface area contributed by atoms with E-state index in [0.717, 1.165) is 23.7 Å². The normalized spacial score (nSPS) is 10.9. The zero-order valence-corrected chi connectivity index (χ0v) is 9.82. The minimum absolute atomic E-state index is 0.660. The lowest BCUT2D eigenvalue weighted by Gasteiger charge is -1.97. The van der Waals surface area contributed by atoms with Crippen LogP contribution < -0.4 is 5.32 Å². The van der Waals surface area contributed by atoms with Crippen molar-refractivity contribution < 1.29 is 4.42 Å². The number of aromatic nitrogens is 3. The van der Waals surface area contributed by atoms with E-state index in [2.05, 4.69) is 15.4 Å². The third kappa shape index (κ3) is 2.14. The van der Waals surface area contributed by atoms with E-state index in [1.165, 1.54) is 0 Å². The lowest BCUT2D eigenvalue weighted by atomic mass is 10.3. The molecule has 2 heterocycles. The highest BCUT2D eigenvalue weighted by Gasteiger charge is 2.10. The minimum Gasteiger partial charge on any atom is -0.438 e. The molecule has 5 nitrogen and oxygen atoms in total. The Bertz CT molecular complexity index is 472. The van der Waals surface area contributed by atoms with Crippen LogP contribution in [0.4, 0.5) is 0 Å². The largest absolute Gasteiger partial charge is 0.438 e. The predicted molar refractivity (Wildman–Crippen MR) is 60.8 cm³/mol. The van der Waals surface area contributed by atoms with Gasteiger partial charge < -0.3 is 9.73 Å². The number of hydrogen-bond donors (Lipinski definition) is 1. The topological polar surface area (TPSA) is 55.9 Å². The summed E-state index contributed by atoms with van der Waals surface area (Å²) < 4.78 is 7.43. The molecule has 0 saturated carbocycles. The summed E-state index contributed by atoms with van der Waals surface area (Å²) in [5, 5.41) is 7.44. The summed E-state index contributed by atoms with van der Waals surface area (Å²) in [7, 11) is 1.90. The molecule has 2 aromatic heterocycles. The number of oxazole rings is 1. The van der Waals surface area contributed by atoms with Crippen molar-refractivity contribution in [2.45, 2.75) is 20.4 Å². The molecule has 0 saturated heterocycles. The van der Waals surface area contributed by atoms with Gasteiger partial charge in [0.1, 0.15) is 5.69 Å². The molecule has 0 bridgehead atoms. The minimum atomic E-state index is 0.660. The van der Waals surface area contributed by atoms with Crippen LogP contribution in [0.25, 0.3) is 11.5 Å². The van der Waals surface area contributed by atoms with Crippen LogP contribution >= 0.6 is 0 Å². The van der Waals surface area contributed by atoms with Gasteiger partial charge in [-0.3, -0.25) is 4.68 Å². The van der Waals surface area contributed by atoms with Crippen molar-refractivity contribution in [3.05, 3.63) is 23.8 Å². The molecule has 5 heteroatoms. The number of nitrogens with one attached hydrogen (secondary N) is 1. The Hall–Kier alpha value is -1.62. The Kier molecular flexibility index (Phi) is 3.05. The van der Waals surface area contributed by atoms with Crippen molar-refractivity contribution in [3.63, 3.8) is 0 Å². The first kappa shape index (κ1) is 10.9. The molecule has 2 aromatic rings. The predicted octanol–water partition coefficient (Wildman–Crippen LogP) is 1.49. The molecule has 0 aliphatic heterocycles. The van der Waals surface area contributed by atoms with Crippen molar-refractivity contribution in [1.82, 2.24) is 20.1 Å². The van der Waals surface area contributed by atoms with Crippen LogP contribution in [0, 0.1) is 6.92 Å². The molecular formula is C11H16N4O. The molecule has 2 rings (SSSR count). The number of rotatable bonds is 4. The van der Waals surface area contributed by atoms with Gasteiger partial charge in [-0.05, 0) is 19.5 Å². The summed E-state index contributed by atoms with van der Waals surface area (Å²) in [6.07, 6.45) is 1.74. The fourth-order valence-corrected chi connectivity index (χ4v) is 1.58. The lowest BCUT2D eigenvalue weighted by molar-refractivity contribution is 0.479. The summed E-state index contributed by atoms with van der Waals surface area (Å²) >= 11 is 0. The number of aryl methyl sites for hydroxylation is 2. The molecule has 0 atom stereocenters. The van der Waals surface area contributed by atoms with E-state index in [0.29, 0.717) is 12.4 Å². The molecule has 86 valence electrons. The van der Waals surface area contributed by atoms with Gasteiger partial charge in [0, 0.05) is 7.05 Å². The second-order valence-corrected chi connectivity index (χ2v) is 3.69. The van der Waals surface area contributed by atoms with Gasteiger partial charge in [0.25, 0.3) is 0 Å². The SMILES string of the molecule is CCNCc1ncc(-c2cc(C)nn2C)o1. The maximum Gasteiger partial charge on any atom is 0.208 e. The van der Waals surface area contributed by atoms with Crippen LogP contribution in [0.5, 0.6) is 0 Å². The maximum absolute atomic E-state index is 5.63. The van der Waals surface area contributed by atoms with Gasteiger partial charge in [0.2, 0.25) is 5.89 Å². The van der Waals surface area contributed by atoms with Gasteiger partial charge in [-0.2, -0.15) is 5.10 Å². The Morgan fingerprint density at radius 1 is 1.50 bits per heavy atom. The van der Waals surface area contributed by atoms with E-state index in [-0.39, 0.29) is 0 Å². The average Bonchev–Trinajstić information content (AvgIpc) is 2.82. The van der Waals surface area contributed by atoms with E-state index in [4.69, 9.17) is 4.42 Å². The summed E-state index contributed by atoms with van der Waals surface area (Å²) in [5.41, 5.74) is 1.93. The molecule has 0 unspecified atom stereocenters. The summed E-state index contributed by atoms with van der Waals surface area (Å²) in [6.45, 7) is 5.57. The average molecular weight is 220 g/mol. The van der Waals surface area contributed by atoms with Gasteiger partial charge in [-0.1, -0.05) is 6.92 Å². The van der Waals surface area contributed by atoms with Gasteiger partial charge in [0.15, 0.2) is 5.76 Å². The molecule has 0 aliphatic carbocycles. The zero-order chi connectivity index (χ0) is 11.5. The highest BCUT2D eigenvalue weighted by molar-refractivity contribution is 5.51. The van der Waals surface area contributed by atoms with Crippen molar-refractivity contribution in [2.75, 3.05) is 6.54 Å². The van der Waals surface area contributed by atoms with Crippen LogP contribution in [-0.4, -0.2) is 21.3 Å². The molecule has 1 N–H and O–H groups in total. The summed E-state index contributed by atoms with van der Waals surface area (Å²) in [6, 6.07) is 1.98. The highest BCUT2D eigenvalue weighted by Crippen LogP contribution is 2.20. The van der Waals surface area contributed by atoms with Gasteiger partial charge in [-0.25, -0.2) is 4.98 Å². The van der Waals surface area contributed by atoms with Crippen molar-refractivity contribution in [2.24, 2.45) is 7.05 Å². The Labute approximate surface area is 94.5 Å². The highest BCUT2D eigenvalue weighted by atomic mass is 16.4.